The van der Waals surface area contributed by atoms with Gasteiger partial charge in [-0.1, -0.05) is 127 Å². The standard InChI is InChI=1S/C28H32O3.C23H22O.C4H9NO3/c1-20-12-13-22(16-17-28(3,19-29)27(30)31)18-25(20)15-14-23-10-7-11-26(21(23)2)24-8-5-4-6-9-24;1-17-11-12-19(16-24)15-22(17)14-13-20-9-6-10-23(18(20)2)21-7-4-3-5-8-21;1-4(5,2-6)3(7)8/h4-13,18,29H,14-17,19H2,1-3H3,(H,30,31);3-12,15-16H,13-14H2,1-2H3;6H,2,5H2,1H3,(H,7,8). The first-order chi connectivity index (χ1) is 30.0. The van der Waals surface area contributed by atoms with Gasteiger partial charge in [-0.05, 0) is 158 Å². The molecule has 8 nitrogen and oxygen atoms in total. The Morgan fingerprint density at radius 2 is 1.00 bits per heavy atom. The summed E-state index contributed by atoms with van der Waals surface area (Å²) in [5, 5.41) is 35.3. The maximum atomic E-state index is 11.5. The summed E-state index contributed by atoms with van der Waals surface area (Å²) >= 11 is 0. The average Bonchev–Trinajstić information content (AvgIpc) is 3.29. The van der Waals surface area contributed by atoms with Gasteiger partial charge in [0.2, 0.25) is 0 Å². The summed E-state index contributed by atoms with van der Waals surface area (Å²) in [4.78, 5) is 32.4. The third-order valence-corrected chi connectivity index (χ3v) is 12.0. The van der Waals surface area contributed by atoms with Crippen molar-refractivity contribution >= 4 is 18.2 Å². The van der Waals surface area contributed by atoms with Crippen LogP contribution in [-0.2, 0) is 41.7 Å². The predicted octanol–water partition coefficient (Wildman–Crippen LogP) is 10.1. The quantitative estimate of drug-likeness (QED) is 0.0602. The van der Waals surface area contributed by atoms with Crippen molar-refractivity contribution in [3.05, 3.63) is 189 Å². The minimum Gasteiger partial charge on any atom is -0.481 e. The lowest BCUT2D eigenvalue weighted by Crippen LogP contribution is -2.48. The largest absolute Gasteiger partial charge is 0.481 e. The van der Waals surface area contributed by atoms with Crippen LogP contribution in [0.4, 0.5) is 0 Å². The number of benzene rings is 6. The van der Waals surface area contributed by atoms with Crippen LogP contribution in [0.15, 0.2) is 133 Å². The number of hydrogen-bond donors (Lipinski definition) is 5. The number of carbonyl (C=O) groups is 3. The van der Waals surface area contributed by atoms with Gasteiger partial charge in [0.1, 0.15) is 11.8 Å². The van der Waals surface area contributed by atoms with Gasteiger partial charge in [-0.2, -0.15) is 0 Å². The molecule has 0 bridgehead atoms. The Morgan fingerprint density at radius 3 is 1.41 bits per heavy atom. The number of carboxylic acids is 2. The molecule has 0 aliphatic heterocycles. The molecule has 6 aromatic carbocycles. The third kappa shape index (κ3) is 13.9. The predicted molar refractivity (Wildman–Crippen MR) is 254 cm³/mol. The Bertz CT molecular complexity index is 2440. The normalized spacial score (nSPS) is 12.7. The Morgan fingerprint density at radius 1 is 0.540 bits per heavy atom. The molecule has 0 saturated carbocycles. The summed E-state index contributed by atoms with van der Waals surface area (Å²) in [6.45, 7) is 10.6. The van der Waals surface area contributed by atoms with Crippen LogP contribution in [0.2, 0.25) is 0 Å². The number of aryl methyl sites for hydroxylation is 7. The molecule has 0 amide bonds. The van der Waals surface area contributed by atoms with E-state index in [4.69, 9.17) is 15.9 Å². The van der Waals surface area contributed by atoms with Crippen LogP contribution in [0, 0.1) is 33.1 Å². The first-order valence-corrected chi connectivity index (χ1v) is 21.4. The summed E-state index contributed by atoms with van der Waals surface area (Å²) in [5.74, 6) is -2.14. The molecule has 0 aliphatic rings. The molecule has 0 aliphatic carbocycles. The molecule has 0 aromatic heterocycles. The molecule has 6 aromatic rings. The topological polar surface area (TPSA) is 158 Å². The van der Waals surface area contributed by atoms with E-state index >= 15 is 0 Å². The number of carbonyl (C=O) groups excluding carboxylic acids is 1. The monoisotopic (exact) mass is 849 g/mol. The third-order valence-electron chi connectivity index (χ3n) is 12.0. The fraction of sp³-hybridized carbons (Fsp3) is 0.291. The zero-order valence-electron chi connectivity index (χ0n) is 37.5. The molecule has 0 heterocycles. The smallest absolute Gasteiger partial charge is 0.325 e. The van der Waals surface area contributed by atoms with E-state index in [2.05, 4.69) is 131 Å². The molecular formula is C55H63NO7. The highest BCUT2D eigenvalue weighted by Crippen LogP contribution is 2.29. The van der Waals surface area contributed by atoms with Crippen molar-refractivity contribution in [3.63, 3.8) is 0 Å². The molecule has 2 unspecified atom stereocenters. The van der Waals surface area contributed by atoms with E-state index in [1.54, 1.807) is 6.92 Å². The van der Waals surface area contributed by atoms with Crippen LogP contribution >= 0.6 is 0 Å². The van der Waals surface area contributed by atoms with Crippen LogP contribution in [0.5, 0.6) is 0 Å². The van der Waals surface area contributed by atoms with Gasteiger partial charge in [0.05, 0.1) is 18.6 Å². The molecule has 330 valence electrons. The molecule has 0 saturated heterocycles. The van der Waals surface area contributed by atoms with E-state index in [-0.39, 0.29) is 6.61 Å². The first kappa shape index (κ1) is 49.5. The lowest BCUT2D eigenvalue weighted by molar-refractivity contribution is -0.150. The Kier molecular flexibility index (Phi) is 18.3. The van der Waals surface area contributed by atoms with E-state index in [1.807, 2.05) is 30.3 Å². The van der Waals surface area contributed by atoms with Crippen molar-refractivity contribution in [2.45, 2.75) is 85.6 Å². The van der Waals surface area contributed by atoms with E-state index in [0.717, 1.165) is 43.1 Å². The lowest BCUT2D eigenvalue weighted by atomic mass is 9.84. The second-order valence-electron chi connectivity index (χ2n) is 16.9. The highest BCUT2D eigenvalue weighted by atomic mass is 16.4. The number of nitrogens with two attached hydrogens (primary N) is 1. The second-order valence-corrected chi connectivity index (χ2v) is 16.9. The summed E-state index contributed by atoms with van der Waals surface area (Å²) < 4.78 is 0. The molecule has 2 atom stereocenters. The molecular weight excluding hydrogens is 787 g/mol. The van der Waals surface area contributed by atoms with Gasteiger partial charge >= 0.3 is 11.9 Å². The summed E-state index contributed by atoms with van der Waals surface area (Å²) in [7, 11) is 0. The van der Waals surface area contributed by atoms with Gasteiger partial charge < -0.3 is 26.2 Å². The van der Waals surface area contributed by atoms with Crippen molar-refractivity contribution in [2.75, 3.05) is 13.2 Å². The van der Waals surface area contributed by atoms with Crippen molar-refractivity contribution in [1.29, 1.82) is 0 Å². The Hall–Kier alpha value is -6.19. The van der Waals surface area contributed by atoms with Crippen LogP contribution in [0.25, 0.3) is 22.3 Å². The van der Waals surface area contributed by atoms with Gasteiger partial charge in [-0.25, -0.2) is 0 Å². The van der Waals surface area contributed by atoms with Crippen molar-refractivity contribution < 1.29 is 34.8 Å². The number of carboxylic acid groups (broad SMARTS) is 2. The number of aliphatic carboxylic acids is 2. The van der Waals surface area contributed by atoms with Gasteiger partial charge in [-0.3, -0.25) is 14.4 Å². The van der Waals surface area contributed by atoms with Crippen LogP contribution in [-0.4, -0.2) is 57.4 Å². The van der Waals surface area contributed by atoms with Gasteiger partial charge in [0.25, 0.3) is 0 Å². The van der Waals surface area contributed by atoms with E-state index < -0.39 is 29.5 Å². The van der Waals surface area contributed by atoms with Crippen LogP contribution in [0.3, 0.4) is 0 Å². The molecule has 0 radical (unpaired) electrons. The summed E-state index contributed by atoms with van der Waals surface area (Å²) in [6, 6.07) is 46.4. The van der Waals surface area contributed by atoms with Crippen molar-refractivity contribution in [2.24, 2.45) is 11.1 Å². The molecule has 63 heavy (non-hydrogen) atoms. The molecule has 6 rings (SSSR count). The minimum absolute atomic E-state index is 0.349. The maximum Gasteiger partial charge on any atom is 0.325 e. The molecule has 0 spiro atoms. The number of rotatable bonds is 16. The van der Waals surface area contributed by atoms with E-state index in [9.17, 15) is 24.6 Å². The highest BCUT2D eigenvalue weighted by Gasteiger charge is 2.32. The Labute approximate surface area is 373 Å². The van der Waals surface area contributed by atoms with Crippen LogP contribution in [0.1, 0.15) is 80.7 Å². The number of aldehydes is 1. The highest BCUT2D eigenvalue weighted by molar-refractivity contribution is 5.78. The number of aliphatic hydroxyl groups excluding tert-OH is 2. The second kappa shape index (κ2) is 23.3. The van der Waals surface area contributed by atoms with Crippen LogP contribution < -0.4 is 5.73 Å². The number of hydrogen-bond acceptors (Lipinski definition) is 6. The number of aliphatic hydroxyl groups is 2. The van der Waals surface area contributed by atoms with Gasteiger partial charge in [0, 0.05) is 5.56 Å². The lowest BCUT2D eigenvalue weighted by Gasteiger charge is -2.22. The fourth-order valence-electron chi connectivity index (χ4n) is 7.23. The van der Waals surface area contributed by atoms with E-state index in [0.29, 0.717) is 12.8 Å². The van der Waals surface area contributed by atoms with Gasteiger partial charge in [0.15, 0.2) is 0 Å². The molecule has 8 heteroatoms. The van der Waals surface area contributed by atoms with Crippen molar-refractivity contribution in [3.8, 4) is 22.3 Å². The molecule has 6 N–H and O–H groups in total. The average molecular weight is 850 g/mol. The van der Waals surface area contributed by atoms with E-state index in [1.165, 1.54) is 73.7 Å². The summed E-state index contributed by atoms with van der Waals surface area (Å²) in [6.07, 6.45) is 5.81. The maximum absolute atomic E-state index is 11.5. The molecule has 0 fully saturated rings. The zero-order chi connectivity index (χ0) is 46.2. The summed E-state index contributed by atoms with van der Waals surface area (Å²) in [5.41, 5.74) is 19.8. The first-order valence-electron chi connectivity index (χ1n) is 21.4. The SMILES string of the molecule is CC(N)(CO)C(=O)O.Cc1ccc(C=O)cc1CCc1cccc(-c2ccccc2)c1C.Cc1ccc(CCC(C)(CO)C(=O)O)cc1CCc1cccc(-c2ccccc2)c1C. The van der Waals surface area contributed by atoms with Gasteiger partial charge in [-0.15, -0.1) is 0 Å². The van der Waals surface area contributed by atoms with Crippen molar-refractivity contribution in [1.82, 2.24) is 0 Å². The zero-order valence-corrected chi connectivity index (χ0v) is 37.5. The Balaban J connectivity index is 0.000000241. The minimum atomic E-state index is -1.49. The fourth-order valence-corrected chi connectivity index (χ4v) is 7.23.